The Labute approximate surface area is 191 Å². The van der Waals surface area contributed by atoms with Crippen molar-refractivity contribution < 1.29 is 24.4 Å². The van der Waals surface area contributed by atoms with Crippen LogP contribution in [0.25, 0.3) is 0 Å². The summed E-state index contributed by atoms with van der Waals surface area (Å²) < 4.78 is 5.52. The van der Waals surface area contributed by atoms with Crippen molar-refractivity contribution in [3.05, 3.63) is 29.3 Å². The minimum absolute atomic E-state index is 0.0469. The average Bonchev–Trinajstić information content (AvgIpc) is 2.74. The van der Waals surface area contributed by atoms with Crippen molar-refractivity contribution in [3.63, 3.8) is 0 Å². The number of carboxylic acids is 1. The lowest BCUT2D eigenvalue weighted by Crippen LogP contribution is -2.36. The largest absolute Gasteiger partial charge is 0.535 e. The second-order valence-corrected chi connectivity index (χ2v) is 9.66. The zero-order valence-electron chi connectivity index (χ0n) is 19.1. The maximum absolute atomic E-state index is 12.7. The first kappa shape index (κ1) is 24.7. The lowest BCUT2D eigenvalue weighted by atomic mass is 9.64. The molecule has 0 amide bonds. The Morgan fingerprint density at radius 3 is 2.66 bits per heavy atom. The number of carbonyl (C=O) groups excluding carboxylic acids is 1. The van der Waals surface area contributed by atoms with Crippen LogP contribution in [0.4, 0.5) is 0 Å². The van der Waals surface area contributed by atoms with E-state index in [1.165, 1.54) is 6.07 Å². The van der Waals surface area contributed by atoms with Gasteiger partial charge in [-0.2, -0.15) is 0 Å². The van der Waals surface area contributed by atoms with Gasteiger partial charge in [0.05, 0.1) is 5.56 Å². The molecule has 5 N–H and O–H groups in total. The van der Waals surface area contributed by atoms with Crippen LogP contribution in [0.1, 0.15) is 80.6 Å². The quantitative estimate of drug-likeness (QED) is 0.305. The molecule has 1 aliphatic heterocycles. The first-order valence-electron chi connectivity index (χ1n) is 12.0. The van der Waals surface area contributed by atoms with Gasteiger partial charge in [0.25, 0.3) is 0 Å². The van der Waals surface area contributed by atoms with Crippen LogP contribution in [-0.2, 0) is 11.2 Å². The maximum Gasteiger partial charge on any atom is 0.526 e. The van der Waals surface area contributed by atoms with E-state index in [2.05, 4.69) is 5.32 Å². The Morgan fingerprint density at radius 2 is 1.97 bits per heavy atom. The fraction of sp³-hybridized carbons (Fsp3) is 0.667. The molecule has 176 valence electrons. The number of aromatic carboxylic acids is 1. The van der Waals surface area contributed by atoms with Crippen LogP contribution < -0.4 is 15.7 Å². The van der Waals surface area contributed by atoms with Crippen LogP contribution in [0, 0.1) is 5.92 Å². The van der Waals surface area contributed by atoms with E-state index in [0.717, 1.165) is 57.1 Å². The summed E-state index contributed by atoms with van der Waals surface area (Å²) in [5.74, 6) is -0.638. The van der Waals surface area contributed by atoms with Gasteiger partial charge in [0, 0.05) is 30.7 Å². The average molecular weight is 444 g/mol. The van der Waals surface area contributed by atoms with E-state index in [4.69, 9.17) is 10.4 Å². The van der Waals surface area contributed by atoms with E-state index in [1.807, 2.05) is 6.92 Å². The van der Waals surface area contributed by atoms with E-state index in [0.29, 0.717) is 24.8 Å². The van der Waals surface area contributed by atoms with Gasteiger partial charge >= 0.3 is 13.1 Å². The zero-order chi connectivity index (χ0) is 23.1. The lowest BCUT2D eigenvalue weighted by molar-refractivity contribution is -0.120. The van der Waals surface area contributed by atoms with Crippen LogP contribution in [0.5, 0.6) is 5.75 Å². The second-order valence-electron chi connectivity index (χ2n) is 9.66. The van der Waals surface area contributed by atoms with Crippen LogP contribution in [0.3, 0.4) is 0 Å². The molecule has 1 aliphatic carbocycles. The van der Waals surface area contributed by atoms with Crippen molar-refractivity contribution in [1.29, 1.82) is 0 Å². The fourth-order valence-corrected chi connectivity index (χ4v) is 4.99. The Hall–Kier alpha value is -1.90. The molecule has 0 saturated heterocycles. The third-order valence-electron chi connectivity index (χ3n) is 6.82. The van der Waals surface area contributed by atoms with Crippen molar-refractivity contribution >= 4 is 18.9 Å². The summed E-state index contributed by atoms with van der Waals surface area (Å²) in [5.41, 5.74) is 6.57. The number of hydrogen-bond acceptors (Lipinski definition) is 6. The third kappa shape index (κ3) is 7.05. The number of fused-ring (bicyclic) bond motifs is 1. The maximum atomic E-state index is 12.7. The molecule has 0 bridgehead atoms. The van der Waals surface area contributed by atoms with Gasteiger partial charge in [-0.05, 0) is 76.0 Å². The summed E-state index contributed by atoms with van der Waals surface area (Å²) in [6.07, 6.45) is 8.96. The smallest absolute Gasteiger partial charge is 0.526 e. The normalized spacial score (nSPS) is 23.8. The molecular weight excluding hydrogens is 407 g/mol. The van der Waals surface area contributed by atoms with Gasteiger partial charge in [-0.1, -0.05) is 18.6 Å². The number of ketones is 1. The number of nitrogens with one attached hydrogen (secondary N) is 1. The van der Waals surface area contributed by atoms with E-state index in [-0.39, 0.29) is 35.4 Å². The summed E-state index contributed by atoms with van der Waals surface area (Å²) in [7, 11) is -1.16. The Morgan fingerprint density at radius 1 is 1.22 bits per heavy atom. The number of benzene rings is 1. The highest BCUT2D eigenvalue weighted by molar-refractivity contribution is 6.47. The molecule has 2 atom stereocenters. The highest BCUT2D eigenvalue weighted by Crippen LogP contribution is 2.37. The number of Topliss-reactive ketones (excluding diaryl/α,β-unsaturated/α-hetero) is 1. The van der Waals surface area contributed by atoms with Gasteiger partial charge in [0.2, 0.25) is 0 Å². The van der Waals surface area contributed by atoms with Crippen molar-refractivity contribution in [2.75, 3.05) is 6.54 Å². The molecule has 7 nitrogen and oxygen atoms in total. The van der Waals surface area contributed by atoms with E-state index < -0.39 is 13.1 Å². The van der Waals surface area contributed by atoms with Gasteiger partial charge in [0.1, 0.15) is 11.5 Å². The molecule has 8 heteroatoms. The molecule has 32 heavy (non-hydrogen) atoms. The van der Waals surface area contributed by atoms with Gasteiger partial charge in [-0.3, -0.25) is 4.79 Å². The number of carboxylic acid groups (broad SMARTS) is 1. The van der Waals surface area contributed by atoms with Crippen molar-refractivity contribution in [3.8, 4) is 5.75 Å². The third-order valence-corrected chi connectivity index (χ3v) is 6.82. The Bertz CT molecular complexity index is 780. The molecule has 0 aromatic heterocycles. The number of carbonyl (C=O) groups is 2. The number of nitrogens with two attached hydrogens (primary N) is 1. The first-order valence-corrected chi connectivity index (χ1v) is 12.0. The predicted molar refractivity (Wildman–Crippen MR) is 125 cm³/mol. The molecule has 0 radical (unpaired) electrons. The van der Waals surface area contributed by atoms with Gasteiger partial charge in [-0.15, -0.1) is 0 Å². The number of rotatable bonds is 11. The minimum atomic E-state index is -1.16. The summed E-state index contributed by atoms with van der Waals surface area (Å²) in [6, 6.07) is 5.76. The standard InChI is InChI=1S/C24H37BN2O5/c1-16(26)5-2-3-12-27-20-10-8-17(9-11-20)13-21(28)15-19-14-18-6-4-7-22(24(29)30)23(18)32-25(19)31/h4,6-7,16-17,19-20,27,31H,2-3,5,8-15,26H2,1H3,(H,29,30)/t16-,17?,19+,20?/m0/s1. The molecule has 0 unspecified atom stereocenters. The summed E-state index contributed by atoms with van der Waals surface area (Å²) in [5, 5.41) is 23.3. The van der Waals surface area contributed by atoms with Crippen molar-refractivity contribution in [2.24, 2.45) is 11.7 Å². The molecule has 1 aromatic rings. The van der Waals surface area contributed by atoms with Gasteiger partial charge in [0.15, 0.2) is 0 Å². The van der Waals surface area contributed by atoms with E-state index >= 15 is 0 Å². The van der Waals surface area contributed by atoms with E-state index in [1.54, 1.807) is 12.1 Å². The molecule has 2 aliphatic rings. The summed E-state index contributed by atoms with van der Waals surface area (Å²) in [4.78, 5) is 24.1. The molecule has 3 rings (SSSR count). The number of para-hydroxylation sites is 1. The van der Waals surface area contributed by atoms with Crippen LogP contribution in [0.2, 0.25) is 5.82 Å². The molecule has 1 fully saturated rings. The lowest BCUT2D eigenvalue weighted by Gasteiger charge is -2.30. The first-order chi connectivity index (χ1) is 15.3. The topological polar surface area (TPSA) is 122 Å². The fourth-order valence-electron chi connectivity index (χ4n) is 4.99. The SMILES string of the molecule is C[C@H](N)CCCCNC1CCC(CC(=O)C[C@H]2Cc3cccc(C(=O)O)c3OB2O)CC1. The Balaban J connectivity index is 1.39. The zero-order valence-corrected chi connectivity index (χ0v) is 19.1. The summed E-state index contributed by atoms with van der Waals surface area (Å²) in [6.45, 7) is 3.08. The Kier molecular flexibility index (Phi) is 9.14. The number of unbranched alkanes of at least 4 members (excludes halogenated alkanes) is 1. The predicted octanol–water partition coefficient (Wildman–Crippen LogP) is 3.19. The van der Waals surface area contributed by atoms with Crippen LogP contribution in [0.15, 0.2) is 18.2 Å². The highest BCUT2D eigenvalue weighted by Gasteiger charge is 2.38. The molecule has 1 saturated carbocycles. The summed E-state index contributed by atoms with van der Waals surface area (Å²) >= 11 is 0. The minimum Gasteiger partial charge on any atom is -0.535 e. The number of hydrogen-bond donors (Lipinski definition) is 4. The van der Waals surface area contributed by atoms with E-state index in [9.17, 15) is 19.7 Å². The van der Waals surface area contributed by atoms with Gasteiger partial charge in [-0.25, -0.2) is 4.79 Å². The monoisotopic (exact) mass is 444 g/mol. The molecule has 0 spiro atoms. The molecule has 1 aromatic carbocycles. The molecule has 1 heterocycles. The van der Waals surface area contributed by atoms with Crippen molar-refractivity contribution in [2.45, 2.75) is 89.0 Å². The van der Waals surface area contributed by atoms with Crippen molar-refractivity contribution in [1.82, 2.24) is 5.32 Å². The van der Waals surface area contributed by atoms with Crippen LogP contribution in [-0.4, -0.2) is 47.6 Å². The second kappa shape index (κ2) is 11.8. The highest BCUT2D eigenvalue weighted by atomic mass is 16.5. The molecular formula is C24H37BN2O5. The van der Waals surface area contributed by atoms with Crippen LogP contribution >= 0.6 is 0 Å². The van der Waals surface area contributed by atoms with Gasteiger partial charge < -0.3 is 25.8 Å².